The van der Waals surface area contributed by atoms with E-state index in [0.29, 0.717) is 28.3 Å². The summed E-state index contributed by atoms with van der Waals surface area (Å²) in [7, 11) is 1.69. The van der Waals surface area contributed by atoms with E-state index in [9.17, 15) is 27.2 Å². The van der Waals surface area contributed by atoms with E-state index in [-0.39, 0.29) is 13.2 Å². The van der Waals surface area contributed by atoms with Crippen molar-refractivity contribution in [1.82, 2.24) is 25.2 Å². The summed E-state index contributed by atoms with van der Waals surface area (Å²) in [6, 6.07) is 7.04. The number of nitrogens with two attached hydrogens (primary N) is 1. The van der Waals surface area contributed by atoms with Crippen LogP contribution in [0.2, 0.25) is 0 Å². The summed E-state index contributed by atoms with van der Waals surface area (Å²) in [5, 5.41) is 18.3. The zero-order valence-electron chi connectivity index (χ0n) is 20.3. The van der Waals surface area contributed by atoms with Gasteiger partial charge in [0.05, 0.1) is 12.2 Å². The maximum Gasteiger partial charge on any atom is 0.490 e. The summed E-state index contributed by atoms with van der Waals surface area (Å²) in [4.78, 5) is 38.2. The number of halogens is 4. The zero-order valence-corrected chi connectivity index (χ0v) is 20.3. The lowest BCUT2D eigenvalue weighted by molar-refractivity contribution is -0.192. The molecule has 3 heterocycles. The third-order valence-corrected chi connectivity index (χ3v) is 5.09. The Labute approximate surface area is 217 Å². The van der Waals surface area contributed by atoms with Crippen LogP contribution in [0.5, 0.6) is 0 Å². The highest BCUT2D eigenvalue weighted by atomic mass is 19.4. The van der Waals surface area contributed by atoms with Crippen molar-refractivity contribution in [3.8, 4) is 22.6 Å². The number of alkyl halides is 3. The molecule has 1 amide bonds. The Morgan fingerprint density at radius 2 is 1.97 bits per heavy atom. The van der Waals surface area contributed by atoms with Gasteiger partial charge >= 0.3 is 24.2 Å². The number of ether oxygens (including phenoxy) is 2. The van der Waals surface area contributed by atoms with Crippen molar-refractivity contribution in [2.75, 3.05) is 18.1 Å². The van der Waals surface area contributed by atoms with Gasteiger partial charge in [0, 0.05) is 24.4 Å². The third-order valence-electron chi connectivity index (χ3n) is 5.09. The second-order valence-electron chi connectivity index (χ2n) is 8.06. The van der Waals surface area contributed by atoms with E-state index in [1.807, 2.05) is 0 Å². The van der Waals surface area contributed by atoms with Crippen LogP contribution in [0.3, 0.4) is 0 Å². The van der Waals surface area contributed by atoms with Gasteiger partial charge in [-0.2, -0.15) is 13.2 Å². The maximum atomic E-state index is 14.9. The van der Waals surface area contributed by atoms with Gasteiger partial charge < -0.3 is 20.3 Å². The number of carbonyl (C=O) groups is 3. The molecule has 1 saturated heterocycles. The van der Waals surface area contributed by atoms with Gasteiger partial charge in [-0.05, 0) is 41.6 Å². The molecule has 13 nitrogen and oxygen atoms in total. The molecule has 39 heavy (non-hydrogen) atoms. The van der Waals surface area contributed by atoms with Crippen molar-refractivity contribution >= 4 is 23.7 Å². The number of benzene rings is 1. The summed E-state index contributed by atoms with van der Waals surface area (Å²) >= 11 is 0. The minimum absolute atomic E-state index is 0.117. The van der Waals surface area contributed by atoms with Crippen LogP contribution in [-0.4, -0.2) is 79.8 Å². The molecule has 3 aromatic rings. The van der Waals surface area contributed by atoms with Crippen LogP contribution in [0.15, 0.2) is 36.5 Å². The Morgan fingerprint density at radius 3 is 2.49 bits per heavy atom. The van der Waals surface area contributed by atoms with Crippen molar-refractivity contribution in [1.29, 1.82) is 0 Å². The lowest BCUT2D eigenvalue weighted by atomic mass is 10.1. The fourth-order valence-corrected chi connectivity index (χ4v) is 3.16. The number of anilines is 1. The summed E-state index contributed by atoms with van der Waals surface area (Å²) in [5.41, 5.74) is 7.18. The van der Waals surface area contributed by atoms with Crippen molar-refractivity contribution in [3.63, 3.8) is 0 Å². The van der Waals surface area contributed by atoms with E-state index in [0.717, 1.165) is 0 Å². The van der Waals surface area contributed by atoms with Crippen LogP contribution in [0.25, 0.3) is 22.6 Å². The maximum absolute atomic E-state index is 14.9. The van der Waals surface area contributed by atoms with Gasteiger partial charge in [0.25, 0.3) is 0 Å². The largest absolute Gasteiger partial charge is 0.490 e. The highest BCUT2D eigenvalue weighted by molar-refractivity contribution is 5.90. The first kappa shape index (κ1) is 28.9. The zero-order chi connectivity index (χ0) is 28.9. The quantitative estimate of drug-likeness (QED) is 0.336. The molecule has 208 valence electrons. The number of aromatic nitrogens is 5. The highest BCUT2D eigenvalue weighted by Gasteiger charge is 2.38. The molecule has 1 aliphatic rings. The summed E-state index contributed by atoms with van der Waals surface area (Å²) < 4.78 is 58.3. The fraction of sp³-hybridized carbons (Fsp3) is 0.318. The molecule has 17 heteroatoms. The molecule has 0 unspecified atom stereocenters. The second kappa shape index (κ2) is 11.8. The van der Waals surface area contributed by atoms with Gasteiger partial charge in [-0.15, -0.1) is 5.10 Å². The van der Waals surface area contributed by atoms with Gasteiger partial charge in [0.1, 0.15) is 24.2 Å². The van der Waals surface area contributed by atoms with E-state index in [1.54, 1.807) is 31.3 Å². The Morgan fingerprint density at radius 1 is 1.28 bits per heavy atom. The smallest absolute Gasteiger partial charge is 0.475 e. The summed E-state index contributed by atoms with van der Waals surface area (Å²) in [5.74, 6) is -3.39. The molecule has 0 saturated carbocycles. The monoisotopic (exact) mass is 555 g/mol. The number of hydrogen-bond donors (Lipinski definition) is 2. The first-order valence-corrected chi connectivity index (χ1v) is 11.0. The van der Waals surface area contributed by atoms with E-state index in [1.165, 1.54) is 28.8 Å². The van der Waals surface area contributed by atoms with Gasteiger partial charge in [0.15, 0.2) is 11.9 Å². The molecule has 2 aromatic heterocycles. The molecule has 1 aliphatic heterocycles. The number of pyridine rings is 1. The molecule has 4 rings (SSSR count). The van der Waals surface area contributed by atoms with Gasteiger partial charge in [-0.25, -0.2) is 18.7 Å². The number of cyclic esters (lactones) is 1. The second-order valence-corrected chi connectivity index (χ2v) is 8.06. The Bertz CT molecular complexity index is 1350. The highest BCUT2D eigenvalue weighted by Crippen LogP contribution is 2.29. The van der Waals surface area contributed by atoms with Crippen molar-refractivity contribution in [3.05, 3.63) is 42.3 Å². The SMILES string of the molecule is C[C@H](N)C(=O)OC[C@H]1CN(c2ccc(-c3ccc(-c4nnnn4C)nc3)c(F)c2)C(=O)O1.O=C(O)C(F)(F)F. The summed E-state index contributed by atoms with van der Waals surface area (Å²) in [6.07, 6.45) is -4.88. The molecule has 0 radical (unpaired) electrons. The third kappa shape index (κ3) is 7.22. The van der Waals surface area contributed by atoms with Crippen LogP contribution in [-0.2, 0) is 26.1 Å². The topological polar surface area (TPSA) is 176 Å². The Hall–Kier alpha value is -4.67. The van der Waals surface area contributed by atoms with Gasteiger partial charge in [0.2, 0.25) is 0 Å². The van der Waals surface area contributed by atoms with Crippen LogP contribution < -0.4 is 10.6 Å². The van der Waals surface area contributed by atoms with Crippen LogP contribution in [0.4, 0.5) is 28.0 Å². The van der Waals surface area contributed by atoms with Crippen LogP contribution >= 0.6 is 0 Å². The van der Waals surface area contributed by atoms with E-state index in [2.05, 4.69) is 20.5 Å². The average Bonchev–Trinajstić information content (AvgIpc) is 3.47. The normalized spacial score (nSPS) is 15.7. The average molecular weight is 555 g/mol. The Kier molecular flexibility index (Phi) is 8.74. The lowest BCUT2D eigenvalue weighted by Crippen LogP contribution is -2.32. The van der Waals surface area contributed by atoms with Crippen molar-refractivity contribution in [2.24, 2.45) is 12.8 Å². The molecule has 0 aliphatic carbocycles. The van der Waals surface area contributed by atoms with Crippen LogP contribution in [0.1, 0.15) is 6.92 Å². The molecule has 1 fully saturated rings. The van der Waals surface area contributed by atoms with Gasteiger partial charge in [-0.1, -0.05) is 6.07 Å². The molecule has 0 spiro atoms. The number of rotatable bonds is 6. The number of carboxylic acids is 1. The summed E-state index contributed by atoms with van der Waals surface area (Å²) in [6.45, 7) is 1.49. The molecular formula is C22H21F4N7O6. The van der Waals surface area contributed by atoms with E-state index < -0.39 is 42.2 Å². The minimum Gasteiger partial charge on any atom is -0.475 e. The first-order chi connectivity index (χ1) is 18.3. The lowest BCUT2D eigenvalue weighted by Gasteiger charge is -2.14. The van der Waals surface area contributed by atoms with Crippen molar-refractivity contribution < 1.29 is 46.5 Å². The molecule has 2 atom stereocenters. The molecule has 1 aromatic carbocycles. The number of aliphatic carboxylic acids is 1. The molecule has 3 N–H and O–H groups in total. The Balaban J connectivity index is 0.000000532. The minimum atomic E-state index is -5.08. The van der Waals surface area contributed by atoms with Gasteiger partial charge in [-0.3, -0.25) is 14.7 Å². The number of aryl methyl sites for hydroxylation is 1. The number of nitrogens with zero attached hydrogens (tertiary/aromatic N) is 6. The van der Waals surface area contributed by atoms with E-state index >= 15 is 0 Å². The predicted octanol–water partition coefficient (Wildman–Crippen LogP) is 1.93. The number of esters is 1. The number of carboxylic acid groups (broad SMARTS) is 1. The fourth-order valence-electron chi connectivity index (χ4n) is 3.16. The van der Waals surface area contributed by atoms with Crippen molar-refractivity contribution in [2.45, 2.75) is 25.2 Å². The standard InChI is InChI=1S/C20H20FN7O4.C2HF3O2/c1-11(22)19(29)31-10-14-9-28(20(30)32-14)13-4-5-15(16(21)7-13)12-3-6-17(23-8-12)18-24-25-26-27(18)2;3-2(4,5)1(6)7/h3-8,11,14H,9-10,22H2,1-2H3;(H,6,7)/t11-,14+;/m0./s1. The van der Waals surface area contributed by atoms with Crippen LogP contribution in [0, 0.1) is 5.82 Å². The van der Waals surface area contributed by atoms with E-state index in [4.69, 9.17) is 25.1 Å². The first-order valence-electron chi connectivity index (χ1n) is 11.0. The molecule has 0 bridgehead atoms. The molecular weight excluding hydrogens is 534 g/mol. The predicted molar refractivity (Wildman–Crippen MR) is 123 cm³/mol. The number of hydrogen-bond acceptors (Lipinski definition) is 10. The number of tetrazole rings is 1. The number of amides is 1. The number of carbonyl (C=O) groups excluding carboxylic acids is 2.